The van der Waals surface area contributed by atoms with Crippen molar-refractivity contribution in [3.05, 3.63) is 59.3 Å². The van der Waals surface area contributed by atoms with Crippen molar-refractivity contribution in [1.82, 2.24) is 19.7 Å². The second kappa shape index (κ2) is 27.8. The van der Waals surface area contributed by atoms with E-state index in [1.54, 1.807) is 10.6 Å². The number of unbranched alkanes of at least 4 members (excludes halogenated alkanes) is 14. The number of nitrogen functional groups attached to an aromatic ring is 1. The first kappa shape index (κ1) is 45.6. The third-order valence-electron chi connectivity index (χ3n) is 9.55. The number of nitriles is 1. The Morgan fingerprint density at radius 3 is 2.33 bits per heavy atom. The van der Waals surface area contributed by atoms with Gasteiger partial charge in [-0.1, -0.05) is 111 Å². The number of nitrogens with one attached hydrogen (secondary N) is 1. The number of fused-ring (bicyclic) bond motifs is 1. The number of hydrogen-bond donors (Lipinski definition) is 3. The van der Waals surface area contributed by atoms with E-state index in [2.05, 4.69) is 22.1 Å². The van der Waals surface area contributed by atoms with Crippen LogP contribution < -0.4 is 10.8 Å². The zero-order chi connectivity index (χ0) is 38.8. The Morgan fingerprint density at radius 2 is 1.67 bits per heavy atom. The van der Waals surface area contributed by atoms with Crippen LogP contribution in [0.1, 0.15) is 153 Å². The van der Waals surface area contributed by atoms with Crippen LogP contribution in [0, 0.1) is 17.1 Å². The minimum absolute atomic E-state index is 0.105. The lowest BCUT2D eigenvalue weighted by Gasteiger charge is -2.21. The van der Waals surface area contributed by atoms with E-state index in [9.17, 15) is 14.5 Å². The summed E-state index contributed by atoms with van der Waals surface area (Å²) in [6, 6.07) is 9.97. The highest BCUT2D eigenvalue weighted by molar-refractivity contribution is 7.43. The smallest absolute Gasteiger partial charge is 0.253 e. The van der Waals surface area contributed by atoms with Crippen LogP contribution in [0.5, 0.6) is 0 Å². The molecule has 4 unspecified atom stereocenters. The van der Waals surface area contributed by atoms with Crippen LogP contribution in [0.25, 0.3) is 5.52 Å². The first-order chi connectivity index (χ1) is 26.5. The predicted molar refractivity (Wildman–Crippen MR) is 214 cm³/mol. The van der Waals surface area contributed by atoms with Gasteiger partial charge in [0.1, 0.15) is 23.8 Å². The topological polar surface area (TPSA) is 149 Å². The van der Waals surface area contributed by atoms with Gasteiger partial charge in [-0.15, -0.1) is 0 Å². The number of hydrogen-bond acceptors (Lipinski definition) is 10. The number of aromatic nitrogens is 3. The van der Waals surface area contributed by atoms with Crippen LogP contribution in [0.4, 0.5) is 10.2 Å². The van der Waals surface area contributed by atoms with Gasteiger partial charge in [0, 0.05) is 13.2 Å². The highest BCUT2D eigenvalue weighted by atomic mass is 31.2. The van der Waals surface area contributed by atoms with Crippen molar-refractivity contribution in [2.24, 2.45) is 0 Å². The number of anilines is 1. The minimum Gasteiger partial charge on any atom is -0.382 e. The van der Waals surface area contributed by atoms with Crippen molar-refractivity contribution < 1.29 is 28.0 Å². The first-order valence-corrected chi connectivity index (χ1v) is 21.7. The summed E-state index contributed by atoms with van der Waals surface area (Å²) >= 11 is 0. The number of benzene rings is 1. The molecule has 1 fully saturated rings. The Hall–Kier alpha value is -2.75. The Labute approximate surface area is 324 Å². The van der Waals surface area contributed by atoms with E-state index in [0.29, 0.717) is 24.6 Å². The molecule has 1 aliphatic heterocycles. The van der Waals surface area contributed by atoms with E-state index >= 15 is 0 Å². The molecule has 1 aromatic carbocycles. The fourth-order valence-corrected chi connectivity index (χ4v) is 7.37. The lowest BCUT2D eigenvalue weighted by Crippen LogP contribution is -2.31. The second-order valence-corrected chi connectivity index (χ2v) is 15.0. The molecule has 4 atom stereocenters. The van der Waals surface area contributed by atoms with E-state index in [4.69, 9.17) is 24.5 Å². The van der Waals surface area contributed by atoms with Gasteiger partial charge in [-0.25, -0.2) is 19.0 Å². The molecule has 0 spiro atoms. The van der Waals surface area contributed by atoms with Gasteiger partial charge in [0.15, 0.2) is 5.82 Å². The van der Waals surface area contributed by atoms with E-state index in [0.717, 1.165) is 36.9 Å². The van der Waals surface area contributed by atoms with Crippen molar-refractivity contribution in [2.75, 3.05) is 32.1 Å². The van der Waals surface area contributed by atoms with E-state index in [-0.39, 0.29) is 37.5 Å². The maximum absolute atomic E-state index is 14.0. The molecule has 3 heterocycles. The molecule has 54 heavy (non-hydrogen) atoms. The SMILES string of the molecule is CC.CCCCCCCCCCCCCCCCCOCC(CNP(O)OCC1CCC(c2ccc3c(N)ncnn23)O1)OCc1cc(F)cc(C#N)c1. The fraction of sp³-hybridized carbons (Fsp3) is 0.683. The highest BCUT2D eigenvalue weighted by Crippen LogP contribution is 2.36. The molecule has 13 heteroatoms. The number of ether oxygens (including phenoxy) is 3. The van der Waals surface area contributed by atoms with Crippen LogP contribution in [0.2, 0.25) is 0 Å². The van der Waals surface area contributed by atoms with Crippen LogP contribution in [-0.2, 0) is 25.3 Å². The lowest BCUT2D eigenvalue weighted by atomic mass is 10.0. The summed E-state index contributed by atoms with van der Waals surface area (Å²) in [4.78, 5) is 14.7. The third kappa shape index (κ3) is 17.4. The van der Waals surface area contributed by atoms with Crippen molar-refractivity contribution in [2.45, 2.75) is 155 Å². The van der Waals surface area contributed by atoms with Crippen molar-refractivity contribution >= 4 is 19.9 Å². The molecule has 3 aromatic rings. The summed E-state index contributed by atoms with van der Waals surface area (Å²) in [5.74, 6) is -0.0698. The molecule has 1 aliphatic rings. The summed E-state index contributed by atoms with van der Waals surface area (Å²) in [5, 5.41) is 16.6. The average Bonchev–Trinajstić information content (AvgIpc) is 3.84. The summed E-state index contributed by atoms with van der Waals surface area (Å²) in [7, 11) is -1.95. The molecular formula is C41H66FN6O5P. The van der Waals surface area contributed by atoms with Gasteiger partial charge < -0.3 is 29.4 Å². The molecule has 0 bridgehead atoms. The lowest BCUT2D eigenvalue weighted by molar-refractivity contribution is -0.0229. The van der Waals surface area contributed by atoms with Gasteiger partial charge in [0.2, 0.25) is 0 Å². The fourth-order valence-electron chi connectivity index (χ4n) is 6.61. The molecule has 2 aromatic heterocycles. The Morgan fingerprint density at radius 1 is 1.00 bits per heavy atom. The van der Waals surface area contributed by atoms with Gasteiger partial charge in [0.25, 0.3) is 8.53 Å². The summed E-state index contributed by atoms with van der Waals surface area (Å²) in [6.45, 7) is 7.80. The number of rotatable bonds is 28. The summed E-state index contributed by atoms with van der Waals surface area (Å²) < 4.78 is 39.8. The van der Waals surface area contributed by atoms with E-state index in [1.807, 2.05) is 32.0 Å². The average molecular weight is 773 g/mol. The zero-order valence-electron chi connectivity index (χ0n) is 33.0. The van der Waals surface area contributed by atoms with Gasteiger partial charge in [-0.3, -0.25) is 0 Å². The number of nitrogens with zero attached hydrogens (tertiary/aromatic N) is 4. The van der Waals surface area contributed by atoms with Gasteiger partial charge in [0.05, 0.1) is 49.4 Å². The monoisotopic (exact) mass is 772 g/mol. The molecule has 0 amide bonds. The summed E-state index contributed by atoms with van der Waals surface area (Å²) in [5.41, 5.74) is 8.41. The maximum Gasteiger partial charge on any atom is 0.253 e. The zero-order valence-corrected chi connectivity index (χ0v) is 33.9. The molecule has 11 nitrogen and oxygen atoms in total. The first-order valence-electron chi connectivity index (χ1n) is 20.4. The van der Waals surface area contributed by atoms with Crippen LogP contribution in [0.3, 0.4) is 0 Å². The van der Waals surface area contributed by atoms with Crippen molar-refractivity contribution in [3.8, 4) is 6.07 Å². The van der Waals surface area contributed by atoms with Gasteiger partial charge in [-0.05, 0) is 55.2 Å². The summed E-state index contributed by atoms with van der Waals surface area (Å²) in [6.07, 6.45) is 21.9. The second-order valence-electron chi connectivity index (χ2n) is 13.9. The largest absolute Gasteiger partial charge is 0.382 e. The molecule has 1 saturated heterocycles. The molecule has 0 aliphatic carbocycles. The van der Waals surface area contributed by atoms with Gasteiger partial charge in [-0.2, -0.15) is 10.4 Å². The maximum atomic E-state index is 14.0. The predicted octanol–water partition coefficient (Wildman–Crippen LogP) is 9.87. The van der Waals surface area contributed by atoms with Crippen molar-refractivity contribution in [1.29, 1.82) is 5.26 Å². The van der Waals surface area contributed by atoms with Crippen molar-refractivity contribution in [3.63, 3.8) is 0 Å². The van der Waals surface area contributed by atoms with Crippen LogP contribution >= 0.6 is 8.53 Å². The normalized spacial score (nSPS) is 16.6. The number of nitrogens with two attached hydrogens (primary N) is 1. The third-order valence-corrected chi connectivity index (χ3v) is 10.4. The Balaban J connectivity index is 0.00000385. The molecule has 4 rings (SSSR count). The van der Waals surface area contributed by atoms with E-state index < -0.39 is 20.4 Å². The molecule has 4 N–H and O–H groups in total. The van der Waals surface area contributed by atoms with Crippen LogP contribution in [-0.4, -0.2) is 58.1 Å². The molecule has 0 radical (unpaired) electrons. The molecule has 0 saturated carbocycles. The standard InChI is InChI=1S/C39H60FN6O5P.C2H6/c1-2-3-4-5-6-7-8-9-10-11-12-13-14-15-16-21-48-28-35(49-27-32-22-31(25-41)23-33(40)24-32)26-45-52(47)50-29-34-17-20-38(51-34)36-18-19-37-39(42)43-30-44-46(36)37;1-2/h18-19,22-24,30,34-35,38,45,47H,2-17,20-21,26-29H2,1H3,(H2,42,43,44);1-2H3. The molecule has 302 valence electrons. The molecular weight excluding hydrogens is 706 g/mol. The highest BCUT2D eigenvalue weighted by Gasteiger charge is 2.30. The minimum atomic E-state index is -1.95. The Bertz CT molecular complexity index is 1480. The Kier molecular flexibility index (Phi) is 23.5. The van der Waals surface area contributed by atoms with Gasteiger partial charge >= 0.3 is 0 Å². The number of halogens is 1. The quantitative estimate of drug-likeness (QED) is 0.0481. The van der Waals surface area contributed by atoms with E-state index in [1.165, 1.54) is 102 Å². The van der Waals surface area contributed by atoms with Crippen LogP contribution in [0.15, 0.2) is 36.7 Å².